The average Bonchev–Trinajstić information content (AvgIpc) is 2.28. The Balaban J connectivity index is 1.86. The fourth-order valence-electron chi connectivity index (χ4n) is 3.50. The summed E-state index contributed by atoms with van der Waals surface area (Å²) in [4.78, 5) is 14.7. The van der Waals surface area contributed by atoms with Gasteiger partial charge in [0.2, 0.25) is 0 Å². The van der Waals surface area contributed by atoms with Crippen LogP contribution in [0.1, 0.15) is 51.4 Å². The largest absolute Gasteiger partial charge is 0.300 e. The van der Waals surface area contributed by atoms with Crippen molar-refractivity contribution in [2.24, 2.45) is 5.92 Å². The van der Waals surface area contributed by atoms with Crippen LogP contribution in [0.2, 0.25) is 0 Å². The predicted molar refractivity (Wildman–Crippen MR) is 71.0 cm³/mol. The summed E-state index contributed by atoms with van der Waals surface area (Å²) in [5.41, 5.74) is 0. The van der Waals surface area contributed by atoms with Gasteiger partial charge < -0.3 is 4.90 Å². The molecule has 0 aliphatic carbocycles. The van der Waals surface area contributed by atoms with Crippen LogP contribution in [-0.2, 0) is 4.79 Å². The molecule has 2 heteroatoms. The Morgan fingerprint density at radius 3 is 2.59 bits per heavy atom. The molecule has 2 unspecified atom stereocenters. The zero-order valence-electron chi connectivity index (χ0n) is 11.0. The smallest absolute Gasteiger partial charge is 0.136 e. The van der Waals surface area contributed by atoms with Crippen molar-refractivity contribution in [2.75, 3.05) is 7.05 Å². The van der Waals surface area contributed by atoms with Crippen molar-refractivity contribution in [3.8, 4) is 0 Å². The van der Waals surface area contributed by atoms with Gasteiger partial charge in [0, 0.05) is 24.4 Å². The molecule has 2 atom stereocenters. The van der Waals surface area contributed by atoms with Gasteiger partial charge in [0.15, 0.2) is 0 Å². The predicted octanol–water partition coefficient (Wildman–Crippen LogP) is 3.17. The summed E-state index contributed by atoms with van der Waals surface area (Å²) in [6, 6.07) is 1.35. The number of fused-ring (bicyclic) bond motifs is 2. The highest BCUT2D eigenvalue weighted by Crippen LogP contribution is 2.36. The molecule has 2 aliphatic rings. The van der Waals surface area contributed by atoms with Crippen LogP contribution in [0.25, 0.3) is 0 Å². The van der Waals surface area contributed by atoms with Gasteiger partial charge in [-0.25, -0.2) is 0 Å². The molecule has 2 aliphatic heterocycles. The van der Waals surface area contributed by atoms with E-state index in [1.165, 1.54) is 19.3 Å². The Bertz CT molecular complexity index is 273. The number of unbranched alkanes of at least 4 members (excludes halogenated alkanes) is 1. The lowest BCUT2D eigenvalue weighted by atomic mass is 9.76. The van der Waals surface area contributed by atoms with E-state index in [9.17, 15) is 4.79 Å². The van der Waals surface area contributed by atoms with Crippen molar-refractivity contribution in [1.82, 2.24) is 4.90 Å². The highest BCUT2D eigenvalue weighted by atomic mass is 16.1. The molecule has 2 rings (SSSR count). The van der Waals surface area contributed by atoms with Crippen LogP contribution in [0.15, 0.2) is 12.7 Å². The van der Waals surface area contributed by atoms with E-state index in [1.54, 1.807) is 0 Å². The molecule has 96 valence electrons. The third-order valence-electron chi connectivity index (χ3n) is 4.63. The molecule has 2 fully saturated rings. The number of ketones is 1. The van der Waals surface area contributed by atoms with Gasteiger partial charge in [-0.1, -0.05) is 12.5 Å². The van der Waals surface area contributed by atoms with Crippen LogP contribution in [0.5, 0.6) is 0 Å². The van der Waals surface area contributed by atoms with Crippen molar-refractivity contribution >= 4 is 5.78 Å². The minimum Gasteiger partial charge on any atom is -0.300 e. The molecule has 0 radical (unpaired) electrons. The maximum absolute atomic E-state index is 12.2. The van der Waals surface area contributed by atoms with Crippen molar-refractivity contribution in [1.29, 1.82) is 0 Å². The Labute approximate surface area is 105 Å². The number of hydrogen-bond donors (Lipinski definition) is 0. The third-order valence-corrected chi connectivity index (χ3v) is 4.63. The topological polar surface area (TPSA) is 20.3 Å². The summed E-state index contributed by atoms with van der Waals surface area (Å²) in [5, 5.41) is 0. The van der Waals surface area contributed by atoms with E-state index < -0.39 is 0 Å². The molecule has 2 saturated heterocycles. The fraction of sp³-hybridized carbons (Fsp3) is 0.800. The minimum absolute atomic E-state index is 0.353. The number of nitrogens with zero attached hydrogens (tertiary/aromatic N) is 1. The maximum Gasteiger partial charge on any atom is 0.136 e. The normalized spacial score (nSPS) is 33.4. The lowest BCUT2D eigenvalue weighted by Gasteiger charge is -2.46. The van der Waals surface area contributed by atoms with E-state index in [0.717, 1.165) is 32.1 Å². The first kappa shape index (κ1) is 12.8. The second-order valence-electron chi connectivity index (χ2n) is 5.72. The molecule has 17 heavy (non-hydrogen) atoms. The maximum atomic E-state index is 12.2. The first-order chi connectivity index (χ1) is 8.22. The van der Waals surface area contributed by atoms with Crippen LogP contribution < -0.4 is 0 Å². The highest BCUT2D eigenvalue weighted by molar-refractivity contribution is 5.81. The summed E-state index contributed by atoms with van der Waals surface area (Å²) < 4.78 is 0. The lowest BCUT2D eigenvalue weighted by molar-refractivity contribution is -0.126. The van der Waals surface area contributed by atoms with E-state index >= 15 is 0 Å². The SMILES string of the molecule is C=CCCCC(=O)C1CC2CCCC(C1)N2C. The molecular weight excluding hydrogens is 210 g/mol. The lowest BCUT2D eigenvalue weighted by Crippen LogP contribution is -2.51. The zero-order chi connectivity index (χ0) is 12.3. The fourth-order valence-corrected chi connectivity index (χ4v) is 3.50. The van der Waals surface area contributed by atoms with Crippen LogP contribution >= 0.6 is 0 Å². The number of rotatable bonds is 5. The molecule has 0 aromatic carbocycles. The van der Waals surface area contributed by atoms with Gasteiger partial charge in [0.25, 0.3) is 0 Å². The summed E-state index contributed by atoms with van der Waals surface area (Å²) in [6.07, 6.45) is 10.8. The molecule has 2 heterocycles. The van der Waals surface area contributed by atoms with Gasteiger partial charge in [-0.2, -0.15) is 0 Å². The molecule has 0 aromatic heterocycles. The Hall–Kier alpha value is -0.630. The monoisotopic (exact) mass is 235 g/mol. The quantitative estimate of drug-likeness (QED) is 0.539. The first-order valence-electron chi connectivity index (χ1n) is 7.08. The van der Waals surface area contributed by atoms with Gasteiger partial charge >= 0.3 is 0 Å². The van der Waals surface area contributed by atoms with E-state index in [2.05, 4.69) is 18.5 Å². The van der Waals surface area contributed by atoms with E-state index in [-0.39, 0.29) is 0 Å². The van der Waals surface area contributed by atoms with Crippen molar-refractivity contribution < 1.29 is 4.79 Å². The molecule has 0 amide bonds. The number of allylic oxidation sites excluding steroid dienone is 1. The number of hydrogen-bond acceptors (Lipinski definition) is 2. The van der Waals surface area contributed by atoms with Gasteiger partial charge in [-0.05, 0) is 45.6 Å². The Morgan fingerprint density at radius 1 is 1.35 bits per heavy atom. The molecule has 0 aromatic rings. The second-order valence-corrected chi connectivity index (χ2v) is 5.72. The number of carbonyl (C=O) groups is 1. The third kappa shape index (κ3) is 2.98. The van der Waals surface area contributed by atoms with Crippen LogP contribution in [0.4, 0.5) is 0 Å². The van der Waals surface area contributed by atoms with E-state index in [4.69, 9.17) is 0 Å². The summed E-state index contributed by atoms with van der Waals surface area (Å²) >= 11 is 0. The van der Waals surface area contributed by atoms with Gasteiger partial charge in [0.05, 0.1) is 0 Å². The summed E-state index contributed by atoms with van der Waals surface area (Å²) in [7, 11) is 2.24. The van der Waals surface area contributed by atoms with Crippen LogP contribution in [-0.4, -0.2) is 29.8 Å². The van der Waals surface area contributed by atoms with Gasteiger partial charge in [0.1, 0.15) is 5.78 Å². The number of carbonyl (C=O) groups excluding carboxylic acids is 1. The van der Waals surface area contributed by atoms with Crippen molar-refractivity contribution in [3.05, 3.63) is 12.7 Å². The molecule has 2 nitrogen and oxygen atoms in total. The number of Topliss-reactive ketones (excluding diaryl/α,β-unsaturated/α-hetero) is 1. The van der Waals surface area contributed by atoms with E-state index in [0.29, 0.717) is 23.8 Å². The second kappa shape index (κ2) is 5.81. The van der Waals surface area contributed by atoms with Crippen LogP contribution in [0, 0.1) is 5.92 Å². The van der Waals surface area contributed by atoms with E-state index in [1.807, 2.05) is 6.08 Å². The molecule has 2 bridgehead atoms. The van der Waals surface area contributed by atoms with Gasteiger partial charge in [-0.15, -0.1) is 6.58 Å². The zero-order valence-corrected chi connectivity index (χ0v) is 11.0. The Kier molecular flexibility index (Phi) is 4.38. The number of piperidine rings is 2. The van der Waals surface area contributed by atoms with Gasteiger partial charge in [-0.3, -0.25) is 4.79 Å². The standard InChI is InChI=1S/C15H25NO/c1-3-4-5-9-15(17)12-10-13-7-6-8-14(11-12)16(13)2/h3,12-14H,1,4-11H2,2H3. The molecule has 0 N–H and O–H groups in total. The molecule has 0 spiro atoms. The molecule has 0 saturated carbocycles. The van der Waals surface area contributed by atoms with Crippen LogP contribution in [0.3, 0.4) is 0 Å². The molecular formula is C15H25NO. The first-order valence-corrected chi connectivity index (χ1v) is 7.08. The van der Waals surface area contributed by atoms with Crippen molar-refractivity contribution in [2.45, 2.75) is 63.5 Å². The Morgan fingerprint density at radius 2 is 2.00 bits per heavy atom. The minimum atomic E-state index is 0.353. The summed E-state index contributed by atoms with van der Waals surface area (Å²) in [6.45, 7) is 3.71. The van der Waals surface area contributed by atoms with Crippen molar-refractivity contribution in [3.63, 3.8) is 0 Å². The summed E-state index contributed by atoms with van der Waals surface area (Å²) in [5.74, 6) is 0.864. The average molecular weight is 235 g/mol. The highest BCUT2D eigenvalue weighted by Gasteiger charge is 2.38.